The second-order valence-corrected chi connectivity index (χ2v) is 4.39. The monoisotopic (exact) mass is 214 g/mol. The van der Waals surface area contributed by atoms with E-state index in [1.54, 1.807) is 0 Å². The van der Waals surface area contributed by atoms with Gasteiger partial charge in [0, 0.05) is 5.03 Å². The van der Waals surface area contributed by atoms with Crippen molar-refractivity contribution in [2.45, 2.75) is 12.8 Å². The molecule has 0 amide bonds. The van der Waals surface area contributed by atoms with Crippen molar-refractivity contribution < 1.29 is 0 Å². The van der Waals surface area contributed by atoms with Crippen LogP contribution in [0.15, 0.2) is 58.7 Å². The van der Waals surface area contributed by atoms with Gasteiger partial charge in [0.05, 0.1) is 0 Å². The van der Waals surface area contributed by atoms with E-state index in [0.717, 1.165) is 17.9 Å². The largest absolute Gasteiger partial charge is 0.0843 e. The van der Waals surface area contributed by atoms with E-state index in [-0.39, 0.29) is 0 Å². The fourth-order valence-electron chi connectivity index (χ4n) is 2.34. The minimum absolute atomic E-state index is 0.869. The van der Waals surface area contributed by atoms with E-state index in [1.165, 1.54) is 22.3 Å². The summed E-state index contributed by atoms with van der Waals surface area (Å²) in [6.07, 6.45) is 6.46. The number of benzene rings is 1. The minimum Gasteiger partial charge on any atom is -0.0843 e. The average molecular weight is 215 g/mol. The molecule has 3 rings (SSSR count). The van der Waals surface area contributed by atoms with Crippen LogP contribution in [0.1, 0.15) is 18.4 Å². The van der Waals surface area contributed by atoms with E-state index in [9.17, 15) is 0 Å². The molecule has 0 aliphatic heterocycles. The van der Waals surface area contributed by atoms with Gasteiger partial charge in [-0.2, -0.15) is 0 Å². The van der Waals surface area contributed by atoms with Crippen molar-refractivity contribution in [3.63, 3.8) is 0 Å². The molecule has 1 aromatic carbocycles. The number of hydrogen-bond acceptors (Lipinski definition) is 0. The Labute approximate surface area is 94.6 Å². The van der Waals surface area contributed by atoms with E-state index in [2.05, 4.69) is 42.5 Å². The van der Waals surface area contributed by atoms with Crippen LogP contribution < -0.4 is 0 Å². The fraction of sp³-hybridized carbons (Fsp3) is 0.143. The van der Waals surface area contributed by atoms with Gasteiger partial charge in [-0.15, -0.1) is 0 Å². The molecule has 0 heterocycles. The van der Waals surface area contributed by atoms with Crippen LogP contribution in [0.4, 0.5) is 0 Å². The van der Waals surface area contributed by atoms with Crippen molar-refractivity contribution in [3.05, 3.63) is 64.2 Å². The van der Waals surface area contributed by atoms with Crippen LogP contribution >= 0.6 is 11.6 Å². The molecule has 74 valence electrons. The highest BCUT2D eigenvalue weighted by atomic mass is 35.5. The third kappa shape index (κ3) is 1.46. The lowest BCUT2D eigenvalue weighted by molar-refractivity contribution is 1.07. The first kappa shape index (κ1) is 8.99. The molecule has 0 nitrogen and oxygen atoms in total. The van der Waals surface area contributed by atoms with Crippen LogP contribution in [0.2, 0.25) is 0 Å². The van der Waals surface area contributed by atoms with Crippen LogP contribution in [-0.4, -0.2) is 0 Å². The average Bonchev–Trinajstić information content (AvgIpc) is 2.77. The topological polar surface area (TPSA) is 0 Å². The summed E-state index contributed by atoms with van der Waals surface area (Å²) in [5, 5.41) is 0.869. The molecule has 0 saturated heterocycles. The van der Waals surface area contributed by atoms with Crippen LogP contribution in [0.3, 0.4) is 0 Å². The van der Waals surface area contributed by atoms with Gasteiger partial charge in [-0.3, -0.25) is 0 Å². The Bertz CT molecular complexity index is 489. The van der Waals surface area contributed by atoms with Gasteiger partial charge in [-0.05, 0) is 47.3 Å². The zero-order chi connectivity index (χ0) is 10.3. The van der Waals surface area contributed by atoms with E-state index >= 15 is 0 Å². The molecule has 0 saturated carbocycles. The van der Waals surface area contributed by atoms with Gasteiger partial charge in [0.1, 0.15) is 0 Å². The highest BCUT2D eigenvalue weighted by molar-refractivity contribution is 6.32. The molecule has 0 radical (unpaired) electrons. The van der Waals surface area contributed by atoms with E-state index in [1.807, 2.05) is 0 Å². The Hall–Kier alpha value is -1.27. The van der Waals surface area contributed by atoms with Gasteiger partial charge < -0.3 is 0 Å². The fourth-order valence-corrected chi connectivity index (χ4v) is 2.58. The first-order valence-electron chi connectivity index (χ1n) is 5.21. The minimum atomic E-state index is 0.869. The Morgan fingerprint density at radius 2 is 1.73 bits per heavy atom. The molecule has 0 fully saturated rings. The second-order valence-electron chi connectivity index (χ2n) is 3.96. The van der Waals surface area contributed by atoms with Gasteiger partial charge in [-0.25, -0.2) is 0 Å². The number of fused-ring (bicyclic) bond motifs is 1. The highest BCUT2D eigenvalue weighted by Crippen LogP contribution is 2.42. The normalized spacial score (nSPS) is 19.0. The zero-order valence-corrected chi connectivity index (χ0v) is 9.09. The molecule has 2 aliphatic rings. The third-order valence-corrected chi connectivity index (χ3v) is 3.25. The van der Waals surface area contributed by atoms with Gasteiger partial charge in [-0.1, -0.05) is 41.9 Å². The molecule has 0 spiro atoms. The number of allylic oxidation sites excluding steroid dienone is 6. The van der Waals surface area contributed by atoms with Crippen LogP contribution in [0.25, 0.3) is 5.57 Å². The second kappa shape index (κ2) is 3.39. The molecule has 15 heavy (non-hydrogen) atoms. The first-order valence-corrected chi connectivity index (χ1v) is 5.59. The number of rotatable bonds is 1. The summed E-state index contributed by atoms with van der Waals surface area (Å²) < 4.78 is 0. The molecule has 1 heteroatoms. The standard InChI is InChI=1S/C14H11Cl/c15-12-8-11-6-7-13(14(11)9-12)10-4-2-1-3-5-10/h1-5,8-9H,6-7H2. The summed E-state index contributed by atoms with van der Waals surface area (Å²) in [6, 6.07) is 10.6. The van der Waals surface area contributed by atoms with E-state index in [0.29, 0.717) is 0 Å². The molecular formula is C14H11Cl. The van der Waals surface area contributed by atoms with Crippen molar-refractivity contribution >= 4 is 17.2 Å². The molecule has 2 aliphatic carbocycles. The van der Waals surface area contributed by atoms with Crippen molar-refractivity contribution in [3.8, 4) is 0 Å². The zero-order valence-electron chi connectivity index (χ0n) is 8.33. The summed E-state index contributed by atoms with van der Waals surface area (Å²) in [4.78, 5) is 0. The summed E-state index contributed by atoms with van der Waals surface area (Å²) in [6.45, 7) is 0. The Morgan fingerprint density at radius 1 is 0.933 bits per heavy atom. The molecule has 1 aromatic rings. The number of halogens is 1. The van der Waals surface area contributed by atoms with Crippen molar-refractivity contribution in [2.75, 3.05) is 0 Å². The Morgan fingerprint density at radius 3 is 2.53 bits per heavy atom. The number of hydrogen-bond donors (Lipinski definition) is 0. The Balaban J connectivity index is 2.13. The molecule has 0 aromatic heterocycles. The third-order valence-electron chi connectivity index (χ3n) is 3.03. The summed E-state index contributed by atoms with van der Waals surface area (Å²) >= 11 is 6.02. The molecule has 0 bridgehead atoms. The lowest BCUT2D eigenvalue weighted by Gasteiger charge is -2.02. The molecule has 0 unspecified atom stereocenters. The van der Waals surface area contributed by atoms with Crippen molar-refractivity contribution in [2.24, 2.45) is 0 Å². The maximum atomic E-state index is 6.02. The van der Waals surface area contributed by atoms with Crippen LogP contribution in [0.5, 0.6) is 0 Å². The SMILES string of the molecule is ClC1=CC2=C(c3ccccc3)CCC2=C1. The van der Waals surface area contributed by atoms with E-state index in [4.69, 9.17) is 11.6 Å². The quantitative estimate of drug-likeness (QED) is 0.654. The first-order chi connectivity index (χ1) is 7.34. The summed E-state index contributed by atoms with van der Waals surface area (Å²) in [7, 11) is 0. The van der Waals surface area contributed by atoms with Crippen LogP contribution in [-0.2, 0) is 0 Å². The Kier molecular flexibility index (Phi) is 2.03. The van der Waals surface area contributed by atoms with E-state index < -0.39 is 0 Å². The van der Waals surface area contributed by atoms with Crippen LogP contribution in [0, 0.1) is 0 Å². The van der Waals surface area contributed by atoms with Gasteiger partial charge in [0.2, 0.25) is 0 Å². The summed E-state index contributed by atoms with van der Waals surface area (Å²) in [5.41, 5.74) is 5.53. The molecular weight excluding hydrogens is 204 g/mol. The summed E-state index contributed by atoms with van der Waals surface area (Å²) in [5.74, 6) is 0. The van der Waals surface area contributed by atoms with Crippen molar-refractivity contribution in [1.29, 1.82) is 0 Å². The lowest BCUT2D eigenvalue weighted by Crippen LogP contribution is -1.81. The van der Waals surface area contributed by atoms with Crippen molar-refractivity contribution in [1.82, 2.24) is 0 Å². The molecule has 0 atom stereocenters. The predicted molar refractivity (Wildman–Crippen MR) is 64.6 cm³/mol. The predicted octanol–water partition coefficient (Wildman–Crippen LogP) is 4.30. The smallest absolute Gasteiger partial charge is 0.0415 e. The van der Waals surface area contributed by atoms with Gasteiger partial charge >= 0.3 is 0 Å². The molecule has 0 N–H and O–H groups in total. The lowest BCUT2D eigenvalue weighted by atomic mass is 10.0. The van der Waals surface area contributed by atoms with Gasteiger partial charge in [0.25, 0.3) is 0 Å². The van der Waals surface area contributed by atoms with Gasteiger partial charge in [0.15, 0.2) is 0 Å². The maximum absolute atomic E-state index is 6.02. The maximum Gasteiger partial charge on any atom is 0.0415 e. The highest BCUT2D eigenvalue weighted by Gasteiger charge is 2.22.